The molecule has 0 spiro atoms. The zero-order chi connectivity index (χ0) is 27.8. The van der Waals surface area contributed by atoms with Crippen LogP contribution in [0.3, 0.4) is 0 Å². The fourth-order valence-electron chi connectivity index (χ4n) is 4.31. The first kappa shape index (κ1) is 28.9. The summed E-state index contributed by atoms with van der Waals surface area (Å²) in [5, 5.41) is 14.1. The zero-order valence-electron chi connectivity index (χ0n) is 21.4. The SMILES string of the molecule is CC(C)CC(NC(=O)C(S)CCCN1C(=O)c2ccccc2C1=O)C(=O)NC(Cc1ccccc1)C(=O)O. The summed E-state index contributed by atoms with van der Waals surface area (Å²) in [4.78, 5) is 63.8. The minimum atomic E-state index is -1.17. The van der Waals surface area contributed by atoms with Crippen molar-refractivity contribution in [3.8, 4) is 0 Å². The standard InChI is InChI=1S/C28H33N3O6S/c1-17(2)15-21(24(32)30-22(28(36)37)16-18-9-4-3-5-10-18)29-25(33)23(38)13-8-14-31-26(34)19-11-6-7-12-20(19)27(31)35/h3-7,9-12,17,21-23,38H,8,13-16H2,1-2H3,(H,29,33)(H,30,32)(H,36,37). The molecule has 3 unspecified atom stereocenters. The number of nitrogens with zero attached hydrogens (tertiary/aromatic N) is 1. The van der Waals surface area contributed by atoms with Crippen LogP contribution in [0.1, 0.15) is 59.4 Å². The molecule has 0 saturated carbocycles. The van der Waals surface area contributed by atoms with Gasteiger partial charge in [0.15, 0.2) is 0 Å². The summed E-state index contributed by atoms with van der Waals surface area (Å²) in [6, 6.07) is 13.5. The first-order valence-electron chi connectivity index (χ1n) is 12.6. The van der Waals surface area contributed by atoms with Gasteiger partial charge in [-0.2, -0.15) is 12.6 Å². The lowest BCUT2D eigenvalue weighted by Gasteiger charge is -2.24. The summed E-state index contributed by atoms with van der Waals surface area (Å²) < 4.78 is 0. The van der Waals surface area contributed by atoms with Crippen LogP contribution in [0.15, 0.2) is 54.6 Å². The number of carboxylic acid groups (broad SMARTS) is 1. The van der Waals surface area contributed by atoms with E-state index in [0.717, 1.165) is 10.5 Å². The van der Waals surface area contributed by atoms with Crippen LogP contribution in [-0.2, 0) is 20.8 Å². The maximum atomic E-state index is 13.0. The van der Waals surface area contributed by atoms with Crippen LogP contribution < -0.4 is 10.6 Å². The molecular formula is C28H33N3O6S. The molecule has 0 radical (unpaired) electrons. The highest BCUT2D eigenvalue weighted by atomic mass is 32.1. The Kier molecular flexibility index (Phi) is 10.1. The lowest BCUT2D eigenvalue weighted by Crippen LogP contribution is -2.53. The second-order valence-corrected chi connectivity index (χ2v) is 10.4. The molecule has 3 rings (SSSR count). The number of carbonyl (C=O) groups is 5. The number of aliphatic carboxylic acids is 1. The van der Waals surface area contributed by atoms with E-state index in [1.54, 1.807) is 48.5 Å². The number of carboxylic acids is 1. The second kappa shape index (κ2) is 13.2. The summed E-state index contributed by atoms with van der Waals surface area (Å²) >= 11 is 4.37. The van der Waals surface area contributed by atoms with Gasteiger partial charge in [-0.15, -0.1) is 0 Å². The molecule has 4 amide bonds. The van der Waals surface area contributed by atoms with Crippen molar-refractivity contribution in [1.82, 2.24) is 15.5 Å². The molecule has 1 heterocycles. The first-order valence-corrected chi connectivity index (χ1v) is 13.1. The van der Waals surface area contributed by atoms with E-state index in [1.165, 1.54) is 0 Å². The van der Waals surface area contributed by atoms with Crippen molar-refractivity contribution < 1.29 is 29.1 Å². The Morgan fingerprint density at radius 1 is 0.868 bits per heavy atom. The van der Waals surface area contributed by atoms with Crippen LogP contribution in [0.5, 0.6) is 0 Å². The number of amides is 4. The molecular weight excluding hydrogens is 506 g/mol. The predicted octanol–water partition coefficient (Wildman–Crippen LogP) is 2.70. The molecule has 2 aromatic rings. The number of fused-ring (bicyclic) bond motifs is 1. The van der Waals surface area contributed by atoms with Crippen molar-refractivity contribution in [1.29, 1.82) is 0 Å². The van der Waals surface area contributed by atoms with E-state index >= 15 is 0 Å². The monoisotopic (exact) mass is 539 g/mol. The molecule has 1 aliphatic rings. The van der Waals surface area contributed by atoms with Gasteiger partial charge < -0.3 is 15.7 Å². The predicted molar refractivity (Wildman–Crippen MR) is 145 cm³/mol. The third-order valence-electron chi connectivity index (χ3n) is 6.28. The number of benzene rings is 2. The van der Waals surface area contributed by atoms with Crippen molar-refractivity contribution >= 4 is 42.2 Å². The molecule has 0 fully saturated rings. The summed E-state index contributed by atoms with van der Waals surface area (Å²) in [6.45, 7) is 3.93. The Labute approximate surface area is 227 Å². The van der Waals surface area contributed by atoms with Gasteiger partial charge in [0.1, 0.15) is 12.1 Å². The molecule has 10 heteroatoms. The van der Waals surface area contributed by atoms with Gasteiger partial charge in [0, 0.05) is 13.0 Å². The fraction of sp³-hybridized carbons (Fsp3) is 0.393. The summed E-state index contributed by atoms with van der Waals surface area (Å²) in [5.41, 5.74) is 1.50. The molecule has 1 aliphatic heterocycles. The number of hydrogen-bond donors (Lipinski definition) is 4. The van der Waals surface area contributed by atoms with E-state index in [2.05, 4.69) is 23.3 Å². The second-order valence-electron chi connectivity index (χ2n) is 9.75. The highest BCUT2D eigenvalue weighted by Crippen LogP contribution is 2.23. The van der Waals surface area contributed by atoms with E-state index in [9.17, 15) is 29.1 Å². The quantitative estimate of drug-likeness (QED) is 0.229. The molecule has 3 N–H and O–H groups in total. The number of imide groups is 1. The lowest BCUT2D eigenvalue weighted by atomic mass is 10.0. The summed E-state index contributed by atoms with van der Waals surface area (Å²) in [7, 11) is 0. The Hall–Kier alpha value is -3.66. The van der Waals surface area contributed by atoms with Gasteiger partial charge in [-0.25, -0.2) is 4.79 Å². The molecule has 2 aromatic carbocycles. The molecule has 3 atom stereocenters. The topological polar surface area (TPSA) is 133 Å². The number of carbonyl (C=O) groups excluding carboxylic acids is 4. The molecule has 0 bridgehead atoms. The Bertz CT molecular complexity index is 1150. The molecule has 202 valence electrons. The Morgan fingerprint density at radius 3 is 1.97 bits per heavy atom. The van der Waals surface area contributed by atoms with E-state index in [1.807, 2.05) is 19.9 Å². The number of rotatable bonds is 13. The minimum Gasteiger partial charge on any atom is -0.480 e. The minimum absolute atomic E-state index is 0.0515. The molecule has 0 saturated heterocycles. The zero-order valence-corrected chi connectivity index (χ0v) is 22.3. The van der Waals surface area contributed by atoms with Crippen LogP contribution in [-0.4, -0.2) is 63.5 Å². The van der Waals surface area contributed by atoms with E-state index < -0.39 is 35.1 Å². The highest BCUT2D eigenvalue weighted by Gasteiger charge is 2.35. The van der Waals surface area contributed by atoms with E-state index in [0.29, 0.717) is 24.0 Å². The van der Waals surface area contributed by atoms with E-state index in [4.69, 9.17) is 0 Å². The van der Waals surface area contributed by atoms with Crippen LogP contribution >= 0.6 is 12.6 Å². The maximum Gasteiger partial charge on any atom is 0.326 e. The van der Waals surface area contributed by atoms with Gasteiger partial charge in [0.2, 0.25) is 11.8 Å². The average molecular weight is 540 g/mol. The van der Waals surface area contributed by atoms with Crippen molar-refractivity contribution in [2.24, 2.45) is 5.92 Å². The average Bonchev–Trinajstić information content (AvgIpc) is 3.13. The molecule has 9 nitrogen and oxygen atoms in total. The third-order valence-corrected chi connectivity index (χ3v) is 6.77. The lowest BCUT2D eigenvalue weighted by molar-refractivity contribution is -0.142. The van der Waals surface area contributed by atoms with Crippen LogP contribution in [0.4, 0.5) is 0 Å². The van der Waals surface area contributed by atoms with Crippen LogP contribution in [0.2, 0.25) is 0 Å². The van der Waals surface area contributed by atoms with Crippen molar-refractivity contribution in [3.05, 3.63) is 71.3 Å². The van der Waals surface area contributed by atoms with Gasteiger partial charge in [-0.3, -0.25) is 24.1 Å². The smallest absolute Gasteiger partial charge is 0.326 e. The Morgan fingerprint density at radius 2 is 1.42 bits per heavy atom. The largest absolute Gasteiger partial charge is 0.480 e. The van der Waals surface area contributed by atoms with Crippen molar-refractivity contribution in [2.75, 3.05) is 6.54 Å². The van der Waals surface area contributed by atoms with Gasteiger partial charge in [-0.05, 0) is 42.9 Å². The molecule has 0 aromatic heterocycles. The molecule has 0 aliphatic carbocycles. The van der Waals surface area contributed by atoms with Crippen molar-refractivity contribution in [2.45, 2.75) is 56.9 Å². The third kappa shape index (κ3) is 7.44. The van der Waals surface area contributed by atoms with E-state index in [-0.39, 0.29) is 37.1 Å². The summed E-state index contributed by atoms with van der Waals surface area (Å²) in [5.74, 6) is -2.90. The van der Waals surface area contributed by atoms with Crippen LogP contribution in [0, 0.1) is 5.92 Å². The van der Waals surface area contributed by atoms with Gasteiger partial charge in [0.05, 0.1) is 16.4 Å². The number of thiol groups is 1. The van der Waals surface area contributed by atoms with Gasteiger partial charge >= 0.3 is 5.97 Å². The first-order chi connectivity index (χ1) is 18.1. The maximum absolute atomic E-state index is 13.0. The van der Waals surface area contributed by atoms with Gasteiger partial charge in [-0.1, -0.05) is 56.3 Å². The highest BCUT2D eigenvalue weighted by molar-refractivity contribution is 7.81. The normalized spacial score (nSPS) is 15.1. The van der Waals surface area contributed by atoms with Crippen LogP contribution in [0.25, 0.3) is 0 Å². The van der Waals surface area contributed by atoms with Gasteiger partial charge in [0.25, 0.3) is 11.8 Å². The fourth-order valence-corrected chi connectivity index (χ4v) is 4.57. The number of nitrogens with one attached hydrogen (secondary N) is 2. The van der Waals surface area contributed by atoms with Crippen molar-refractivity contribution in [3.63, 3.8) is 0 Å². The summed E-state index contributed by atoms with van der Waals surface area (Å²) in [6.07, 6.45) is 1.04. The molecule has 38 heavy (non-hydrogen) atoms. The number of hydrogen-bond acceptors (Lipinski definition) is 6. The Balaban J connectivity index is 1.55.